The standard InChI is InChI=1S/C12H18N4OS/c1-16(8-9-4-2-3-5-17-9)11-7-14-10(6-15-11)12(13)18/h6-7,9H,2-5,8H2,1H3,(H2,13,18). The highest BCUT2D eigenvalue weighted by Gasteiger charge is 2.16. The molecule has 0 spiro atoms. The Labute approximate surface area is 112 Å². The molecule has 1 aliphatic rings. The van der Waals surface area contributed by atoms with Gasteiger partial charge in [0.2, 0.25) is 0 Å². The van der Waals surface area contributed by atoms with Crippen LogP contribution in [0.4, 0.5) is 5.82 Å². The number of ether oxygens (including phenoxy) is 1. The second-order valence-corrected chi connectivity index (χ2v) is 4.93. The summed E-state index contributed by atoms with van der Waals surface area (Å²) in [6, 6.07) is 0. The van der Waals surface area contributed by atoms with Crippen LogP contribution in [0, 0.1) is 0 Å². The van der Waals surface area contributed by atoms with Gasteiger partial charge < -0.3 is 15.4 Å². The number of nitrogens with zero attached hydrogens (tertiary/aromatic N) is 3. The Balaban J connectivity index is 1.95. The number of rotatable bonds is 4. The van der Waals surface area contributed by atoms with Crippen LogP contribution in [0.25, 0.3) is 0 Å². The van der Waals surface area contributed by atoms with E-state index in [-0.39, 0.29) is 4.99 Å². The fourth-order valence-corrected chi connectivity index (χ4v) is 2.10. The van der Waals surface area contributed by atoms with Crippen LogP contribution in [0.3, 0.4) is 0 Å². The molecule has 0 radical (unpaired) electrons. The molecule has 1 aromatic rings. The molecule has 0 saturated carbocycles. The van der Waals surface area contributed by atoms with E-state index >= 15 is 0 Å². The minimum atomic E-state index is 0.271. The first-order valence-electron chi connectivity index (χ1n) is 6.11. The molecule has 0 bridgehead atoms. The summed E-state index contributed by atoms with van der Waals surface area (Å²) < 4.78 is 5.70. The van der Waals surface area contributed by atoms with Crippen LogP contribution in [-0.4, -0.2) is 41.3 Å². The first kappa shape index (κ1) is 13.2. The Bertz CT molecular complexity index is 403. The second kappa shape index (κ2) is 6.06. The molecular formula is C12H18N4OS. The summed E-state index contributed by atoms with van der Waals surface area (Å²) >= 11 is 4.84. The van der Waals surface area contributed by atoms with Gasteiger partial charge in [0.15, 0.2) is 0 Å². The summed E-state index contributed by atoms with van der Waals surface area (Å²) in [5, 5.41) is 0. The molecule has 1 atom stereocenters. The van der Waals surface area contributed by atoms with Crippen LogP contribution in [0.1, 0.15) is 25.0 Å². The Kier molecular flexibility index (Phi) is 4.43. The molecule has 0 amide bonds. The van der Waals surface area contributed by atoms with Crippen LogP contribution in [0.5, 0.6) is 0 Å². The van der Waals surface area contributed by atoms with E-state index in [1.807, 2.05) is 11.9 Å². The van der Waals surface area contributed by atoms with Gasteiger partial charge in [-0.25, -0.2) is 9.97 Å². The highest BCUT2D eigenvalue weighted by atomic mass is 32.1. The first-order valence-corrected chi connectivity index (χ1v) is 6.52. The molecule has 6 heteroatoms. The van der Waals surface area contributed by atoms with Crippen molar-refractivity contribution < 1.29 is 4.74 Å². The van der Waals surface area contributed by atoms with Gasteiger partial charge in [0.1, 0.15) is 16.5 Å². The molecule has 98 valence electrons. The quantitative estimate of drug-likeness (QED) is 0.824. The summed E-state index contributed by atoms with van der Waals surface area (Å²) in [7, 11) is 1.99. The van der Waals surface area contributed by atoms with Crippen LogP contribution in [-0.2, 0) is 4.74 Å². The third kappa shape index (κ3) is 3.36. The van der Waals surface area contributed by atoms with Gasteiger partial charge in [-0.3, -0.25) is 0 Å². The van der Waals surface area contributed by atoms with Crippen molar-refractivity contribution in [2.75, 3.05) is 25.1 Å². The Hall–Kier alpha value is -1.27. The fourth-order valence-electron chi connectivity index (χ4n) is 2.00. The zero-order valence-corrected chi connectivity index (χ0v) is 11.3. The third-order valence-electron chi connectivity index (χ3n) is 3.03. The normalized spacial score (nSPS) is 19.5. The maximum Gasteiger partial charge on any atom is 0.146 e. The summed E-state index contributed by atoms with van der Waals surface area (Å²) in [4.78, 5) is 10.8. The van der Waals surface area contributed by atoms with Gasteiger partial charge >= 0.3 is 0 Å². The van der Waals surface area contributed by atoms with Crippen LogP contribution < -0.4 is 10.6 Å². The van der Waals surface area contributed by atoms with Crippen molar-refractivity contribution >= 4 is 23.0 Å². The molecule has 1 fully saturated rings. The molecule has 5 nitrogen and oxygen atoms in total. The van der Waals surface area contributed by atoms with E-state index in [0.29, 0.717) is 11.8 Å². The largest absolute Gasteiger partial charge is 0.388 e. The average Bonchev–Trinajstić information content (AvgIpc) is 2.40. The van der Waals surface area contributed by atoms with Crippen LogP contribution >= 0.6 is 12.2 Å². The topological polar surface area (TPSA) is 64.3 Å². The van der Waals surface area contributed by atoms with Gasteiger partial charge in [-0.05, 0) is 19.3 Å². The molecule has 2 heterocycles. The SMILES string of the molecule is CN(CC1CCCCO1)c1cnc(C(N)=S)cn1. The Morgan fingerprint density at radius 1 is 1.50 bits per heavy atom. The van der Waals surface area contributed by atoms with Crippen molar-refractivity contribution in [3.8, 4) is 0 Å². The lowest BCUT2D eigenvalue weighted by molar-refractivity contribution is 0.0215. The lowest BCUT2D eigenvalue weighted by atomic mass is 10.1. The Morgan fingerprint density at radius 3 is 2.89 bits per heavy atom. The smallest absolute Gasteiger partial charge is 0.146 e. The zero-order valence-electron chi connectivity index (χ0n) is 10.5. The van der Waals surface area contributed by atoms with E-state index in [9.17, 15) is 0 Å². The maximum absolute atomic E-state index is 5.70. The molecule has 0 aromatic carbocycles. The van der Waals surface area contributed by atoms with Crippen LogP contribution in [0.15, 0.2) is 12.4 Å². The van der Waals surface area contributed by atoms with Crippen molar-refractivity contribution in [3.05, 3.63) is 18.1 Å². The molecule has 18 heavy (non-hydrogen) atoms. The predicted octanol–water partition coefficient (Wildman–Crippen LogP) is 1.12. The van der Waals surface area contributed by atoms with E-state index < -0.39 is 0 Å². The number of hydrogen-bond donors (Lipinski definition) is 1. The molecular weight excluding hydrogens is 248 g/mol. The van der Waals surface area contributed by atoms with E-state index in [0.717, 1.165) is 25.4 Å². The lowest BCUT2D eigenvalue weighted by Crippen LogP contribution is -2.33. The fraction of sp³-hybridized carbons (Fsp3) is 0.583. The van der Waals surface area contributed by atoms with Crippen LogP contribution in [0.2, 0.25) is 0 Å². The molecule has 1 unspecified atom stereocenters. The summed E-state index contributed by atoms with van der Waals surface area (Å²) in [5.74, 6) is 0.809. The van der Waals surface area contributed by atoms with E-state index in [1.165, 1.54) is 12.8 Å². The predicted molar refractivity (Wildman–Crippen MR) is 74.8 cm³/mol. The van der Waals surface area contributed by atoms with Crippen molar-refractivity contribution in [3.63, 3.8) is 0 Å². The van der Waals surface area contributed by atoms with E-state index in [2.05, 4.69) is 9.97 Å². The molecule has 0 aliphatic carbocycles. The van der Waals surface area contributed by atoms with Gasteiger partial charge in [0.05, 0.1) is 18.5 Å². The first-order chi connectivity index (χ1) is 8.66. The van der Waals surface area contributed by atoms with E-state index in [4.69, 9.17) is 22.7 Å². The highest BCUT2D eigenvalue weighted by Crippen LogP contribution is 2.15. The van der Waals surface area contributed by atoms with Crippen molar-refractivity contribution in [1.82, 2.24) is 9.97 Å². The van der Waals surface area contributed by atoms with Gasteiger partial charge in [0.25, 0.3) is 0 Å². The minimum Gasteiger partial charge on any atom is -0.388 e. The highest BCUT2D eigenvalue weighted by molar-refractivity contribution is 7.80. The molecule has 1 aliphatic heterocycles. The monoisotopic (exact) mass is 266 g/mol. The van der Waals surface area contributed by atoms with Crippen molar-refractivity contribution in [2.45, 2.75) is 25.4 Å². The number of thiocarbonyl (C=S) groups is 1. The van der Waals surface area contributed by atoms with E-state index in [1.54, 1.807) is 12.4 Å². The van der Waals surface area contributed by atoms with Gasteiger partial charge in [-0.1, -0.05) is 12.2 Å². The number of nitrogens with two attached hydrogens (primary N) is 1. The van der Waals surface area contributed by atoms with Gasteiger partial charge in [-0.2, -0.15) is 0 Å². The van der Waals surface area contributed by atoms with Crippen molar-refractivity contribution in [2.24, 2.45) is 5.73 Å². The third-order valence-corrected chi connectivity index (χ3v) is 3.24. The number of aromatic nitrogens is 2. The Morgan fingerprint density at radius 2 is 2.33 bits per heavy atom. The summed E-state index contributed by atoms with van der Waals surface area (Å²) in [5.41, 5.74) is 6.04. The minimum absolute atomic E-state index is 0.271. The summed E-state index contributed by atoms with van der Waals surface area (Å²) in [6.45, 7) is 1.70. The molecule has 2 rings (SSSR count). The molecule has 1 saturated heterocycles. The lowest BCUT2D eigenvalue weighted by Gasteiger charge is -2.27. The average molecular weight is 266 g/mol. The number of anilines is 1. The molecule has 2 N–H and O–H groups in total. The van der Waals surface area contributed by atoms with Crippen molar-refractivity contribution in [1.29, 1.82) is 0 Å². The van der Waals surface area contributed by atoms with Gasteiger partial charge in [0, 0.05) is 20.2 Å². The number of likely N-dealkylation sites (N-methyl/N-ethyl adjacent to an activating group) is 1. The second-order valence-electron chi connectivity index (χ2n) is 4.49. The zero-order chi connectivity index (χ0) is 13.0. The maximum atomic E-state index is 5.70. The molecule has 1 aromatic heterocycles. The van der Waals surface area contributed by atoms with Gasteiger partial charge in [-0.15, -0.1) is 0 Å². The summed E-state index contributed by atoms with van der Waals surface area (Å²) in [6.07, 6.45) is 7.12. The number of hydrogen-bond acceptors (Lipinski definition) is 5.